The first-order valence-corrected chi connectivity index (χ1v) is 7.58. The minimum absolute atomic E-state index is 0.0683. The van der Waals surface area contributed by atoms with Crippen LogP contribution in [0.1, 0.15) is 17.6 Å². The lowest BCUT2D eigenvalue weighted by atomic mass is 10.2. The molecule has 0 saturated carbocycles. The van der Waals surface area contributed by atoms with Crippen LogP contribution in [0.25, 0.3) is 0 Å². The summed E-state index contributed by atoms with van der Waals surface area (Å²) in [6.45, 7) is 6.26. The zero-order chi connectivity index (χ0) is 14.5. The van der Waals surface area contributed by atoms with Gasteiger partial charge in [-0.2, -0.15) is 0 Å². The van der Waals surface area contributed by atoms with E-state index in [2.05, 4.69) is 4.98 Å². The minimum atomic E-state index is -0.297. The molecule has 110 valence electrons. The summed E-state index contributed by atoms with van der Waals surface area (Å²) in [5.41, 5.74) is 0.824. The first kappa shape index (κ1) is 14.8. The van der Waals surface area contributed by atoms with Crippen LogP contribution in [0.2, 0.25) is 0 Å². The molecule has 20 heavy (non-hydrogen) atoms. The van der Waals surface area contributed by atoms with Crippen LogP contribution in [0.5, 0.6) is 0 Å². The molecule has 1 aliphatic heterocycles. The Balaban J connectivity index is 1.81. The third-order valence-corrected chi connectivity index (χ3v) is 3.98. The van der Waals surface area contributed by atoms with Crippen molar-refractivity contribution in [2.45, 2.75) is 20.3 Å². The van der Waals surface area contributed by atoms with Gasteiger partial charge in [-0.3, -0.25) is 4.79 Å². The average Bonchev–Trinajstić information content (AvgIpc) is 2.84. The molecule has 0 aliphatic carbocycles. The predicted molar refractivity (Wildman–Crippen MR) is 75.7 cm³/mol. The normalized spacial score (nSPS) is 15.3. The molecule has 1 aliphatic rings. The number of thiazole rings is 1. The van der Waals surface area contributed by atoms with Gasteiger partial charge in [-0.15, -0.1) is 11.3 Å². The van der Waals surface area contributed by atoms with Gasteiger partial charge < -0.3 is 14.5 Å². The van der Waals surface area contributed by atoms with Crippen molar-refractivity contribution in [3.63, 3.8) is 0 Å². The maximum absolute atomic E-state index is 12.1. The molecule has 1 saturated heterocycles. The fourth-order valence-electron chi connectivity index (χ4n) is 2.11. The molecule has 1 aromatic rings. The van der Waals surface area contributed by atoms with E-state index in [1.807, 2.05) is 12.3 Å². The lowest BCUT2D eigenvalue weighted by Crippen LogP contribution is -2.51. The van der Waals surface area contributed by atoms with Gasteiger partial charge in [0.2, 0.25) is 5.91 Å². The second-order valence-corrected chi connectivity index (χ2v) is 5.66. The Kier molecular flexibility index (Phi) is 4.94. The fraction of sp³-hybridized carbons (Fsp3) is 0.615. The second-order valence-electron chi connectivity index (χ2n) is 4.60. The first-order valence-electron chi connectivity index (χ1n) is 6.70. The van der Waals surface area contributed by atoms with Crippen molar-refractivity contribution in [3.8, 4) is 0 Å². The van der Waals surface area contributed by atoms with Gasteiger partial charge in [-0.1, -0.05) is 0 Å². The molecule has 0 aromatic carbocycles. The van der Waals surface area contributed by atoms with Crippen LogP contribution in [0, 0.1) is 6.92 Å². The van der Waals surface area contributed by atoms with E-state index >= 15 is 0 Å². The average molecular weight is 297 g/mol. The molecule has 0 N–H and O–H groups in total. The summed E-state index contributed by atoms with van der Waals surface area (Å²) < 4.78 is 4.95. The van der Waals surface area contributed by atoms with Gasteiger partial charge in [-0.25, -0.2) is 9.78 Å². The molecular formula is C13H19N3O3S. The summed E-state index contributed by atoms with van der Waals surface area (Å²) in [6.07, 6.45) is 0.0405. The lowest BCUT2D eigenvalue weighted by Gasteiger charge is -2.34. The van der Waals surface area contributed by atoms with Crippen LogP contribution in [0.4, 0.5) is 4.79 Å². The van der Waals surface area contributed by atoms with Crippen LogP contribution < -0.4 is 0 Å². The molecule has 0 atom stereocenters. The molecule has 1 aromatic heterocycles. The van der Waals surface area contributed by atoms with E-state index in [0.29, 0.717) is 39.2 Å². The second kappa shape index (κ2) is 6.69. The number of aromatic nitrogens is 1. The number of ether oxygens (including phenoxy) is 1. The van der Waals surface area contributed by atoms with E-state index in [9.17, 15) is 9.59 Å². The molecule has 1 fully saturated rings. The Hall–Kier alpha value is -1.63. The van der Waals surface area contributed by atoms with E-state index in [-0.39, 0.29) is 12.0 Å². The van der Waals surface area contributed by atoms with Gasteiger partial charge in [0, 0.05) is 31.6 Å². The third kappa shape index (κ3) is 3.69. The Bertz CT molecular complexity index is 481. The third-order valence-electron chi connectivity index (χ3n) is 3.16. The van der Waals surface area contributed by atoms with E-state index in [0.717, 1.165) is 10.7 Å². The van der Waals surface area contributed by atoms with Crippen LogP contribution >= 0.6 is 11.3 Å². The van der Waals surface area contributed by atoms with Crippen molar-refractivity contribution in [3.05, 3.63) is 16.1 Å². The first-order chi connectivity index (χ1) is 9.60. The van der Waals surface area contributed by atoms with E-state index in [1.54, 1.807) is 28.1 Å². The van der Waals surface area contributed by atoms with Crippen molar-refractivity contribution in [2.24, 2.45) is 0 Å². The topological polar surface area (TPSA) is 62.7 Å². The molecule has 0 bridgehead atoms. The number of aryl methyl sites for hydroxylation is 1. The number of rotatable bonds is 3. The highest BCUT2D eigenvalue weighted by Gasteiger charge is 2.25. The number of amides is 2. The standard InChI is InChI=1S/C13H19N3O3S/c1-3-19-13(18)16-6-4-15(5-7-16)12(17)8-11-9-20-10(2)14-11/h9H,3-8H2,1-2H3. The van der Waals surface area contributed by atoms with Gasteiger partial charge in [0.15, 0.2) is 0 Å². The summed E-state index contributed by atoms with van der Waals surface area (Å²) in [7, 11) is 0. The van der Waals surface area contributed by atoms with Crippen molar-refractivity contribution in [1.82, 2.24) is 14.8 Å². The lowest BCUT2D eigenvalue weighted by molar-refractivity contribution is -0.132. The van der Waals surface area contributed by atoms with Crippen molar-refractivity contribution >= 4 is 23.3 Å². The summed E-state index contributed by atoms with van der Waals surface area (Å²) in [4.78, 5) is 31.4. The van der Waals surface area contributed by atoms with Crippen LogP contribution in [-0.4, -0.2) is 59.6 Å². The van der Waals surface area contributed by atoms with Gasteiger partial charge in [-0.05, 0) is 13.8 Å². The summed E-state index contributed by atoms with van der Waals surface area (Å²) >= 11 is 1.55. The number of piperazine rings is 1. The van der Waals surface area contributed by atoms with E-state index in [1.165, 1.54) is 0 Å². The molecule has 2 heterocycles. The Morgan fingerprint density at radius 2 is 1.95 bits per heavy atom. The molecule has 0 radical (unpaired) electrons. The smallest absolute Gasteiger partial charge is 0.409 e. The Morgan fingerprint density at radius 1 is 1.30 bits per heavy atom. The molecule has 2 rings (SSSR count). The largest absolute Gasteiger partial charge is 0.450 e. The van der Waals surface area contributed by atoms with E-state index < -0.39 is 0 Å². The molecule has 2 amide bonds. The highest BCUT2D eigenvalue weighted by molar-refractivity contribution is 7.09. The monoisotopic (exact) mass is 297 g/mol. The number of hydrogen-bond donors (Lipinski definition) is 0. The molecule has 7 heteroatoms. The van der Waals surface area contributed by atoms with E-state index in [4.69, 9.17) is 4.74 Å². The zero-order valence-electron chi connectivity index (χ0n) is 11.8. The van der Waals surface area contributed by atoms with Crippen LogP contribution in [-0.2, 0) is 16.0 Å². The van der Waals surface area contributed by atoms with Crippen LogP contribution in [0.3, 0.4) is 0 Å². The maximum atomic E-state index is 12.1. The number of carbonyl (C=O) groups is 2. The van der Waals surface area contributed by atoms with Gasteiger partial charge in [0.25, 0.3) is 0 Å². The van der Waals surface area contributed by atoms with Crippen molar-refractivity contribution in [1.29, 1.82) is 0 Å². The predicted octanol–water partition coefficient (Wildman–Crippen LogP) is 1.29. The summed E-state index contributed by atoms with van der Waals surface area (Å²) in [5.74, 6) is 0.0683. The molecule has 0 unspecified atom stereocenters. The number of nitrogens with zero attached hydrogens (tertiary/aromatic N) is 3. The minimum Gasteiger partial charge on any atom is -0.450 e. The Labute approximate surface area is 122 Å². The molecule has 6 nitrogen and oxygen atoms in total. The zero-order valence-corrected chi connectivity index (χ0v) is 12.6. The number of hydrogen-bond acceptors (Lipinski definition) is 5. The number of carbonyl (C=O) groups excluding carboxylic acids is 2. The van der Waals surface area contributed by atoms with Gasteiger partial charge in [0.1, 0.15) is 0 Å². The maximum Gasteiger partial charge on any atom is 0.409 e. The van der Waals surface area contributed by atoms with Crippen molar-refractivity contribution < 1.29 is 14.3 Å². The van der Waals surface area contributed by atoms with Gasteiger partial charge >= 0.3 is 6.09 Å². The highest BCUT2D eigenvalue weighted by atomic mass is 32.1. The summed E-state index contributed by atoms with van der Waals surface area (Å²) in [5, 5.41) is 2.89. The van der Waals surface area contributed by atoms with Gasteiger partial charge in [0.05, 0.1) is 23.7 Å². The SMILES string of the molecule is CCOC(=O)N1CCN(C(=O)Cc2csc(C)n2)CC1. The quantitative estimate of drug-likeness (QED) is 0.843. The molecule has 0 spiro atoms. The van der Waals surface area contributed by atoms with Crippen molar-refractivity contribution in [2.75, 3.05) is 32.8 Å². The molecular weight excluding hydrogens is 278 g/mol. The Morgan fingerprint density at radius 3 is 2.50 bits per heavy atom. The highest BCUT2D eigenvalue weighted by Crippen LogP contribution is 2.11. The fourth-order valence-corrected chi connectivity index (χ4v) is 2.72. The van der Waals surface area contributed by atoms with Crippen LogP contribution in [0.15, 0.2) is 5.38 Å². The summed E-state index contributed by atoms with van der Waals surface area (Å²) in [6, 6.07) is 0.